The molecule has 0 bridgehead atoms. The van der Waals surface area contributed by atoms with Gasteiger partial charge in [-0.2, -0.15) is 13.9 Å². The lowest BCUT2D eigenvalue weighted by molar-refractivity contribution is 0.0538. The lowest BCUT2D eigenvalue weighted by Gasteiger charge is -2.06. The molecule has 0 fully saturated rings. The Morgan fingerprint density at radius 2 is 1.92 bits per heavy atom. The second-order valence-electron chi connectivity index (χ2n) is 5.56. The van der Waals surface area contributed by atoms with Crippen LogP contribution in [-0.2, 0) is 16.6 Å². The molecule has 138 valence electrons. The molecule has 3 aromatic rings. The highest BCUT2D eigenvalue weighted by atomic mass is 32.2. The fraction of sp³-hybridized carbons (Fsp3) is 0.250. The predicted molar refractivity (Wildman–Crippen MR) is 94.5 cm³/mol. The van der Waals surface area contributed by atoms with Gasteiger partial charge in [-0.05, 0) is 13.8 Å². The maximum absolute atomic E-state index is 12.9. The molecule has 3 rings (SSSR count). The van der Waals surface area contributed by atoms with Crippen molar-refractivity contribution in [3.63, 3.8) is 0 Å². The standard InChI is InChI=1S/C16H16F2N4O2S2/c1-10-14(11(2)22(21-10)16(17)18)26(23,24)19-8-13-9-25-15(20-13)12-6-4-3-5-7-12/h3-7,9,16,19H,8H2,1-2H3. The molecule has 0 spiro atoms. The molecule has 0 aliphatic carbocycles. The minimum atomic E-state index is -3.99. The van der Waals surface area contributed by atoms with Crippen molar-refractivity contribution in [1.29, 1.82) is 0 Å². The molecule has 0 radical (unpaired) electrons. The lowest BCUT2D eigenvalue weighted by Crippen LogP contribution is -2.24. The highest BCUT2D eigenvalue weighted by molar-refractivity contribution is 7.89. The first kappa shape index (κ1) is 18.6. The number of sulfonamides is 1. The molecule has 2 heterocycles. The van der Waals surface area contributed by atoms with Crippen molar-refractivity contribution < 1.29 is 17.2 Å². The summed E-state index contributed by atoms with van der Waals surface area (Å²) in [4.78, 5) is 4.18. The number of rotatable bonds is 6. The summed E-state index contributed by atoms with van der Waals surface area (Å²) in [5, 5.41) is 6.14. The molecule has 6 nitrogen and oxygen atoms in total. The number of alkyl halides is 2. The number of aromatic nitrogens is 3. The van der Waals surface area contributed by atoms with Crippen LogP contribution in [0.3, 0.4) is 0 Å². The van der Waals surface area contributed by atoms with Crippen molar-refractivity contribution in [3.8, 4) is 10.6 Å². The van der Waals surface area contributed by atoms with E-state index in [0.29, 0.717) is 10.4 Å². The van der Waals surface area contributed by atoms with Crippen LogP contribution in [0.15, 0.2) is 40.6 Å². The number of hydrogen-bond donors (Lipinski definition) is 1. The second-order valence-corrected chi connectivity index (χ2v) is 8.12. The molecule has 0 atom stereocenters. The maximum atomic E-state index is 12.9. The molecule has 1 aromatic carbocycles. The third kappa shape index (κ3) is 3.67. The third-order valence-corrected chi connectivity index (χ3v) is 6.32. The van der Waals surface area contributed by atoms with Gasteiger partial charge in [-0.1, -0.05) is 30.3 Å². The van der Waals surface area contributed by atoms with Crippen LogP contribution in [-0.4, -0.2) is 23.2 Å². The fourth-order valence-electron chi connectivity index (χ4n) is 2.57. The summed E-state index contributed by atoms with van der Waals surface area (Å²) in [5.74, 6) is 0. The van der Waals surface area contributed by atoms with Gasteiger partial charge in [0.25, 0.3) is 0 Å². The molecule has 0 saturated carbocycles. The van der Waals surface area contributed by atoms with Gasteiger partial charge in [0.2, 0.25) is 10.0 Å². The molecule has 2 aromatic heterocycles. The number of nitrogens with zero attached hydrogens (tertiary/aromatic N) is 3. The topological polar surface area (TPSA) is 76.9 Å². The zero-order chi connectivity index (χ0) is 18.9. The van der Waals surface area contributed by atoms with Crippen LogP contribution in [0.1, 0.15) is 23.6 Å². The van der Waals surface area contributed by atoms with Gasteiger partial charge in [-0.15, -0.1) is 11.3 Å². The Kier molecular flexibility index (Phi) is 5.17. The van der Waals surface area contributed by atoms with Crippen LogP contribution in [0.5, 0.6) is 0 Å². The van der Waals surface area contributed by atoms with Gasteiger partial charge < -0.3 is 0 Å². The lowest BCUT2D eigenvalue weighted by atomic mass is 10.2. The molecule has 26 heavy (non-hydrogen) atoms. The van der Waals surface area contributed by atoms with E-state index in [1.807, 2.05) is 30.3 Å². The molecular weight excluding hydrogens is 382 g/mol. The molecule has 0 aliphatic heterocycles. The summed E-state index contributed by atoms with van der Waals surface area (Å²) in [5.41, 5.74) is 1.41. The molecule has 0 aliphatic rings. The van der Waals surface area contributed by atoms with Gasteiger partial charge in [0, 0.05) is 10.9 Å². The Bertz CT molecular complexity index is 1010. The Hall–Kier alpha value is -2.17. The van der Waals surface area contributed by atoms with Gasteiger partial charge >= 0.3 is 6.55 Å². The zero-order valence-electron chi connectivity index (χ0n) is 14.0. The Morgan fingerprint density at radius 1 is 1.23 bits per heavy atom. The second kappa shape index (κ2) is 7.22. The Morgan fingerprint density at radius 3 is 2.54 bits per heavy atom. The summed E-state index contributed by atoms with van der Waals surface area (Å²) in [7, 11) is -3.99. The van der Waals surface area contributed by atoms with Crippen molar-refractivity contribution in [2.45, 2.75) is 31.8 Å². The van der Waals surface area contributed by atoms with Crippen molar-refractivity contribution in [2.24, 2.45) is 0 Å². The summed E-state index contributed by atoms with van der Waals surface area (Å²) in [6, 6.07) is 9.52. The predicted octanol–water partition coefficient (Wildman–Crippen LogP) is 3.50. The van der Waals surface area contributed by atoms with E-state index in [-0.39, 0.29) is 22.8 Å². The van der Waals surface area contributed by atoms with E-state index in [1.54, 1.807) is 5.38 Å². The highest BCUT2D eigenvalue weighted by Gasteiger charge is 2.27. The number of nitrogens with one attached hydrogen (secondary N) is 1. The average molecular weight is 398 g/mol. The first-order chi connectivity index (χ1) is 12.3. The number of hydrogen-bond acceptors (Lipinski definition) is 5. The van der Waals surface area contributed by atoms with Gasteiger partial charge in [-0.3, -0.25) is 0 Å². The van der Waals surface area contributed by atoms with Crippen molar-refractivity contribution >= 4 is 21.4 Å². The Balaban J connectivity index is 1.79. The fourth-order valence-corrected chi connectivity index (χ4v) is 4.79. The van der Waals surface area contributed by atoms with Crippen LogP contribution in [0, 0.1) is 13.8 Å². The molecule has 0 amide bonds. The van der Waals surface area contributed by atoms with Gasteiger partial charge in [0.1, 0.15) is 9.90 Å². The van der Waals surface area contributed by atoms with Gasteiger partial charge in [-0.25, -0.2) is 22.8 Å². The summed E-state index contributed by atoms with van der Waals surface area (Å²) in [6.45, 7) is -0.247. The van der Waals surface area contributed by atoms with E-state index in [9.17, 15) is 17.2 Å². The molecule has 1 N–H and O–H groups in total. The van der Waals surface area contributed by atoms with E-state index in [1.165, 1.54) is 25.2 Å². The molecular formula is C16H16F2N4O2S2. The van der Waals surface area contributed by atoms with Gasteiger partial charge in [0.05, 0.1) is 23.6 Å². The van der Waals surface area contributed by atoms with Crippen molar-refractivity contribution in [1.82, 2.24) is 19.5 Å². The summed E-state index contributed by atoms with van der Waals surface area (Å²) >= 11 is 1.40. The minimum absolute atomic E-state index is 0.0264. The van der Waals surface area contributed by atoms with E-state index < -0.39 is 16.6 Å². The van der Waals surface area contributed by atoms with Crippen molar-refractivity contribution in [2.75, 3.05) is 0 Å². The van der Waals surface area contributed by atoms with Crippen LogP contribution in [0.2, 0.25) is 0 Å². The van der Waals surface area contributed by atoms with E-state index in [2.05, 4.69) is 14.8 Å². The zero-order valence-corrected chi connectivity index (χ0v) is 15.6. The van der Waals surface area contributed by atoms with E-state index in [0.717, 1.165) is 10.6 Å². The minimum Gasteiger partial charge on any atom is -0.240 e. The average Bonchev–Trinajstić information content (AvgIpc) is 3.18. The third-order valence-electron chi connectivity index (χ3n) is 3.73. The smallest absolute Gasteiger partial charge is 0.240 e. The number of halogens is 2. The Labute approximate surface area is 153 Å². The summed E-state index contributed by atoms with van der Waals surface area (Å²) < 4.78 is 53.7. The van der Waals surface area contributed by atoms with Crippen LogP contribution < -0.4 is 4.72 Å². The molecule has 0 saturated heterocycles. The van der Waals surface area contributed by atoms with Gasteiger partial charge in [0.15, 0.2) is 0 Å². The quantitative estimate of drug-likeness (QED) is 0.690. The van der Waals surface area contributed by atoms with Crippen LogP contribution in [0.25, 0.3) is 10.6 Å². The summed E-state index contributed by atoms with van der Waals surface area (Å²) in [6.07, 6.45) is 0. The maximum Gasteiger partial charge on any atom is 0.333 e. The van der Waals surface area contributed by atoms with E-state index >= 15 is 0 Å². The number of benzene rings is 1. The molecule has 10 heteroatoms. The van der Waals surface area contributed by atoms with Crippen LogP contribution >= 0.6 is 11.3 Å². The number of aryl methyl sites for hydroxylation is 1. The first-order valence-corrected chi connectivity index (χ1v) is 9.99. The molecule has 0 unspecified atom stereocenters. The largest absolute Gasteiger partial charge is 0.333 e. The SMILES string of the molecule is Cc1nn(C(F)F)c(C)c1S(=O)(=O)NCc1csc(-c2ccccc2)n1. The first-order valence-electron chi connectivity index (χ1n) is 7.63. The number of thiazole rings is 1. The van der Waals surface area contributed by atoms with Crippen LogP contribution in [0.4, 0.5) is 8.78 Å². The van der Waals surface area contributed by atoms with Crippen molar-refractivity contribution in [3.05, 3.63) is 52.8 Å². The monoisotopic (exact) mass is 398 g/mol. The highest BCUT2D eigenvalue weighted by Crippen LogP contribution is 2.25. The normalized spacial score (nSPS) is 12.0. The van der Waals surface area contributed by atoms with E-state index in [4.69, 9.17) is 0 Å².